The number of halogens is 2. The molecule has 1 heterocycles. The molecule has 0 aromatic heterocycles. The molecule has 1 N–H and O–H groups in total. The van der Waals surface area contributed by atoms with Gasteiger partial charge in [0.1, 0.15) is 5.82 Å². The Morgan fingerprint density at radius 1 is 1.38 bits per heavy atom. The van der Waals surface area contributed by atoms with Gasteiger partial charge in [-0.25, -0.2) is 4.39 Å². The standard InChI is InChI=1S/C16H23BrFN3/c1-2-19-16(21-10-3-4-11-21)20-9-5-6-13-7-8-14(17)12-15(13)18/h7-8,12H,2-6,9-11H2,1H3,(H,19,20). The Bertz CT molecular complexity index is 484. The quantitative estimate of drug-likeness (QED) is 0.496. The number of hydrogen-bond acceptors (Lipinski definition) is 1. The molecule has 1 saturated heterocycles. The summed E-state index contributed by atoms with van der Waals surface area (Å²) in [4.78, 5) is 6.97. The molecule has 0 saturated carbocycles. The van der Waals surface area contributed by atoms with Crippen molar-refractivity contribution in [2.75, 3.05) is 26.2 Å². The first-order valence-corrected chi connectivity index (χ1v) is 8.47. The SMILES string of the molecule is CCNC(=NCCCc1ccc(Br)cc1F)N1CCCC1. The van der Waals surface area contributed by atoms with E-state index in [-0.39, 0.29) is 5.82 Å². The van der Waals surface area contributed by atoms with Gasteiger partial charge < -0.3 is 10.2 Å². The summed E-state index contributed by atoms with van der Waals surface area (Å²) in [5.41, 5.74) is 0.763. The average molecular weight is 356 g/mol. The second kappa shape index (κ2) is 8.37. The first-order chi connectivity index (χ1) is 10.2. The highest BCUT2D eigenvalue weighted by molar-refractivity contribution is 9.10. The van der Waals surface area contributed by atoms with Crippen LogP contribution in [-0.2, 0) is 6.42 Å². The van der Waals surface area contributed by atoms with Crippen molar-refractivity contribution in [1.82, 2.24) is 10.2 Å². The monoisotopic (exact) mass is 355 g/mol. The summed E-state index contributed by atoms with van der Waals surface area (Å²) in [6, 6.07) is 5.25. The van der Waals surface area contributed by atoms with Gasteiger partial charge in [0.05, 0.1) is 0 Å². The second-order valence-electron chi connectivity index (χ2n) is 5.27. The summed E-state index contributed by atoms with van der Waals surface area (Å²) in [5, 5.41) is 3.34. The molecule has 0 bridgehead atoms. The van der Waals surface area contributed by atoms with E-state index in [4.69, 9.17) is 0 Å². The summed E-state index contributed by atoms with van der Waals surface area (Å²) in [7, 11) is 0. The fourth-order valence-electron chi connectivity index (χ4n) is 2.53. The van der Waals surface area contributed by atoms with Gasteiger partial charge >= 0.3 is 0 Å². The molecule has 1 aliphatic heterocycles. The van der Waals surface area contributed by atoms with E-state index in [1.807, 2.05) is 12.1 Å². The Kier molecular flexibility index (Phi) is 6.49. The van der Waals surface area contributed by atoms with Gasteiger partial charge in [-0.2, -0.15) is 0 Å². The van der Waals surface area contributed by atoms with Crippen molar-refractivity contribution < 1.29 is 4.39 Å². The maximum atomic E-state index is 13.7. The van der Waals surface area contributed by atoms with E-state index in [0.717, 1.165) is 55.0 Å². The minimum Gasteiger partial charge on any atom is -0.357 e. The lowest BCUT2D eigenvalue weighted by atomic mass is 10.1. The molecule has 1 aliphatic rings. The van der Waals surface area contributed by atoms with Crippen LogP contribution < -0.4 is 5.32 Å². The molecule has 0 radical (unpaired) electrons. The highest BCUT2D eigenvalue weighted by Gasteiger charge is 2.15. The van der Waals surface area contributed by atoms with Crippen LogP contribution in [0, 0.1) is 5.82 Å². The number of aryl methyl sites for hydroxylation is 1. The molecule has 1 aromatic rings. The van der Waals surface area contributed by atoms with Crippen LogP contribution >= 0.6 is 15.9 Å². The van der Waals surface area contributed by atoms with Crippen molar-refractivity contribution in [3.63, 3.8) is 0 Å². The van der Waals surface area contributed by atoms with Crippen LogP contribution in [0.2, 0.25) is 0 Å². The molecule has 0 spiro atoms. The molecule has 1 fully saturated rings. The van der Waals surface area contributed by atoms with E-state index in [1.165, 1.54) is 18.9 Å². The number of guanidine groups is 1. The van der Waals surface area contributed by atoms with Gasteiger partial charge in [0.2, 0.25) is 0 Å². The molecule has 0 unspecified atom stereocenters. The number of nitrogens with zero attached hydrogens (tertiary/aromatic N) is 2. The molecule has 5 heteroatoms. The van der Waals surface area contributed by atoms with Crippen LogP contribution in [-0.4, -0.2) is 37.0 Å². The van der Waals surface area contributed by atoms with Gasteiger partial charge in [0.25, 0.3) is 0 Å². The molecule has 116 valence electrons. The van der Waals surface area contributed by atoms with Gasteiger partial charge in [-0.3, -0.25) is 4.99 Å². The summed E-state index contributed by atoms with van der Waals surface area (Å²) < 4.78 is 14.5. The van der Waals surface area contributed by atoms with Crippen LogP contribution in [0.3, 0.4) is 0 Å². The lowest BCUT2D eigenvalue weighted by Crippen LogP contribution is -2.39. The Labute approximate surface area is 134 Å². The van der Waals surface area contributed by atoms with Crippen molar-refractivity contribution in [2.24, 2.45) is 4.99 Å². The summed E-state index contributed by atoms with van der Waals surface area (Å²) in [5.74, 6) is 0.867. The zero-order valence-corrected chi connectivity index (χ0v) is 14.1. The summed E-state index contributed by atoms with van der Waals surface area (Å²) in [6.07, 6.45) is 4.08. The Hall–Kier alpha value is -1.10. The van der Waals surface area contributed by atoms with E-state index in [9.17, 15) is 4.39 Å². The van der Waals surface area contributed by atoms with Gasteiger partial charge in [-0.15, -0.1) is 0 Å². The van der Waals surface area contributed by atoms with E-state index < -0.39 is 0 Å². The van der Waals surface area contributed by atoms with Crippen LogP contribution in [0.4, 0.5) is 4.39 Å². The maximum Gasteiger partial charge on any atom is 0.193 e. The van der Waals surface area contributed by atoms with Crippen molar-refractivity contribution in [3.05, 3.63) is 34.1 Å². The summed E-state index contributed by atoms with van der Waals surface area (Å²) >= 11 is 3.28. The molecule has 2 rings (SSSR count). The number of hydrogen-bond donors (Lipinski definition) is 1. The predicted octanol–water partition coefficient (Wildman–Crippen LogP) is 3.58. The molecule has 0 aliphatic carbocycles. The minimum absolute atomic E-state index is 0.139. The molecule has 3 nitrogen and oxygen atoms in total. The third-order valence-electron chi connectivity index (χ3n) is 3.62. The first-order valence-electron chi connectivity index (χ1n) is 7.68. The Morgan fingerprint density at radius 3 is 2.81 bits per heavy atom. The molecule has 0 amide bonds. The maximum absolute atomic E-state index is 13.7. The zero-order chi connectivity index (χ0) is 15.1. The molecule has 0 atom stereocenters. The third kappa shape index (κ3) is 4.99. The van der Waals surface area contributed by atoms with E-state index in [0.29, 0.717) is 0 Å². The van der Waals surface area contributed by atoms with Crippen molar-refractivity contribution in [1.29, 1.82) is 0 Å². The van der Waals surface area contributed by atoms with Gasteiger partial charge in [-0.1, -0.05) is 22.0 Å². The second-order valence-corrected chi connectivity index (χ2v) is 6.18. The smallest absolute Gasteiger partial charge is 0.193 e. The van der Waals surface area contributed by atoms with Gasteiger partial charge in [-0.05, 0) is 50.3 Å². The third-order valence-corrected chi connectivity index (χ3v) is 4.11. The van der Waals surface area contributed by atoms with Gasteiger partial charge in [0.15, 0.2) is 5.96 Å². The Morgan fingerprint density at radius 2 is 2.14 bits per heavy atom. The highest BCUT2D eigenvalue weighted by atomic mass is 79.9. The number of benzene rings is 1. The fourth-order valence-corrected chi connectivity index (χ4v) is 2.87. The van der Waals surface area contributed by atoms with Crippen LogP contribution in [0.25, 0.3) is 0 Å². The fraction of sp³-hybridized carbons (Fsp3) is 0.562. The molecule has 21 heavy (non-hydrogen) atoms. The molecular weight excluding hydrogens is 333 g/mol. The normalized spacial score (nSPS) is 15.6. The topological polar surface area (TPSA) is 27.6 Å². The zero-order valence-electron chi connectivity index (χ0n) is 12.5. The van der Waals surface area contributed by atoms with Crippen molar-refractivity contribution in [2.45, 2.75) is 32.6 Å². The Balaban J connectivity index is 1.84. The molecule has 1 aromatic carbocycles. The number of aliphatic imine (C=N–C) groups is 1. The van der Waals surface area contributed by atoms with E-state index >= 15 is 0 Å². The average Bonchev–Trinajstić information content (AvgIpc) is 2.98. The minimum atomic E-state index is -0.139. The molecular formula is C16H23BrFN3. The van der Waals surface area contributed by atoms with Gasteiger partial charge in [0, 0.05) is 30.7 Å². The van der Waals surface area contributed by atoms with Crippen LogP contribution in [0.1, 0.15) is 31.7 Å². The first kappa shape index (κ1) is 16.3. The van der Waals surface area contributed by atoms with Crippen molar-refractivity contribution in [3.8, 4) is 0 Å². The lowest BCUT2D eigenvalue weighted by molar-refractivity contribution is 0.493. The predicted molar refractivity (Wildman–Crippen MR) is 89.2 cm³/mol. The van der Waals surface area contributed by atoms with E-state index in [2.05, 4.69) is 38.1 Å². The van der Waals surface area contributed by atoms with Crippen molar-refractivity contribution >= 4 is 21.9 Å². The van der Waals surface area contributed by atoms with E-state index in [1.54, 1.807) is 0 Å². The summed E-state index contributed by atoms with van der Waals surface area (Å²) in [6.45, 7) is 5.88. The van der Waals surface area contributed by atoms with Crippen LogP contribution in [0.5, 0.6) is 0 Å². The largest absolute Gasteiger partial charge is 0.357 e. The lowest BCUT2D eigenvalue weighted by Gasteiger charge is -2.20. The number of rotatable bonds is 5. The number of likely N-dealkylation sites (tertiary alicyclic amines) is 1. The highest BCUT2D eigenvalue weighted by Crippen LogP contribution is 2.16. The van der Waals surface area contributed by atoms with Crippen LogP contribution in [0.15, 0.2) is 27.7 Å². The number of nitrogens with one attached hydrogen (secondary N) is 1.